The maximum Gasteiger partial charge on any atom is 0.0753 e. The zero-order chi connectivity index (χ0) is 8.97. The molecule has 0 spiro atoms. The summed E-state index contributed by atoms with van der Waals surface area (Å²) in [4.78, 5) is 0. The third kappa shape index (κ3) is 1.67. The van der Waals surface area contributed by atoms with E-state index < -0.39 is 0 Å². The number of ether oxygens (including phenoxy) is 1. The van der Waals surface area contributed by atoms with Crippen LogP contribution in [0.2, 0.25) is 0 Å². The minimum absolute atomic E-state index is 0.734. The summed E-state index contributed by atoms with van der Waals surface area (Å²) in [6, 6.07) is 0. The van der Waals surface area contributed by atoms with E-state index in [2.05, 4.69) is 10.2 Å². The van der Waals surface area contributed by atoms with Crippen LogP contribution in [-0.2, 0) is 17.8 Å². The summed E-state index contributed by atoms with van der Waals surface area (Å²) < 4.78 is 5.28. The molecule has 3 nitrogen and oxygen atoms in total. The van der Waals surface area contributed by atoms with Gasteiger partial charge in [-0.15, -0.1) is 0 Å². The molecule has 12 heavy (non-hydrogen) atoms. The molecule has 0 saturated carbocycles. The van der Waals surface area contributed by atoms with Gasteiger partial charge in [0.2, 0.25) is 0 Å². The van der Waals surface area contributed by atoms with E-state index >= 15 is 0 Å². The largest absolute Gasteiger partial charge is 0.376 e. The Balaban J connectivity index is 0.000000336. The Bertz CT molecular complexity index is 243. The first-order valence-electron chi connectivity index (χ1n) is 4.48. The van der Waals surface area contributed by atoms with E-state index in [9.17, 15) is 0 Å². The number of rotatable bonds is 0. The van der Waals surface area contributed by atoms with E-state index in [-0.39, 0.29) is 0 Å². The van der Waals surface area contributed by atoms with Crippen LogP contribution in [0.1, 0.15) is 30.8 Å². The predicted octanol–water partition coefficient (Wildman–Crippen LogP) is 1.82. The number of H-pyrrole nitrogens is 1. The van der Waals surface area contributed by atoms with Gasteiger partial charge in [0.05, 0.1) is 18.9 Å². The topological polar surface area (TPSA) is 37.9 Å². The van der Waals surface area contributed by atoms with Crippen LogP contribution in [-0.4, -0.2) is 16.8 Å². The molecule has 0 aromatic carbocycles. The number of nitrogens with one attached hydrogen (secondary N) is 1. The molecule has 3 heteroatoms. The molecule has 0 amide bonds. The number of aromatic amines is 1. The number of aromatic nitrogens is 2. The molecule has 0 saturated heterocycles. The lowest BCUT2D eigenvalue weighted by molar-refractivity contribution is 0.110. The van der Waals surface area contributed by atoms with Crippen LogP contribution in [0.25, 0.3) is 0 Å². The standard InChI is InChI=1S/C7H10N2O.C2H6/c1-5-6-4-10-3-2-7(6)9-8-5;1-2/h2-4H2,1H3,(H,8,9);1-2H3. The number of hydrogen-bond donors (Lipinski definition) is 1. The zero-order valence-electron chi connectivity index (χ0n) is 7.98. The number of aryl methyl sites for hydroxylation is 1. The van der Waals surface area contributed by atoms with Crippen LogP contribution >= 0.6 is 0 Å². The molecule has 1 N–H and O–H groups in total. The van der Waals surface area contributed by atoms with Crippen LogP contribution in [0, 0.1) is 6.92 Å². The van der Waals surface area contributed by atoms with Gasteiger partial charge in [-0.2, -0.15) is 5.10 Å². The number of hydrogen-bond acceptors (Lipinski definition) is 2. The van der Waals surface area contributed by atoms with Gasteiger partial charge in [0, 0.05) is 17.7 Å². The van der Waals surface area contributed by atoms with E-state index in [0.717, 1.165) is 25.3 Å². The van der Waals surface area contributed by atoms with Crippen molar-refractivity contribution in [2.75, 3.05) is 6.61 Å². The lowest BCUT2D eigenvalue weighted by Crippen LogP contribution is -2.08. The van der Waals surface area contributed by atoms with Gasteiger partial charge in [0.25, 0.3) is 0 Å². The van der Waals surface area contributed by atoms with Gasteiger partial charge < -0.3 is 4.74 Å². The third-order valence-electron chi connectivity index (χ3n) is 1.89. The van der Waals surface area contributed by atoms with Gasteiger partial charge in [0.15, 0.2) is 0 Å². The number of nitrogens with zero attached hydrogens (tertiary/aromatic N) is 1. The molecule has 68 valence electrons. The van der Waals surface area contributed by atoms with Crippen LogP contribution < -0.4 is 0 Å². The Kier molecular flexibility index (Phi) is 3.29. The fraction of sp³-hybridized carbons (Fsp3) is 0.667. The highest BCUT2D eigenvalue weighted by atomic mass is 16.5. The van der Waals surface area contributed by atoms with Crippen molar-refractivity contribution in [3.8, 4) is 0 Å². The van der Waals surface area contributed by atoms with Crippen molar-refractivity contribution in [3.63, 3.8) is 0 Å². The second kappa shape index (κ2) is 4.26. The van der Waals surface area contributed by atoms with Crippen molar-refractivity contribution in [2.24, 2.45) is 0 Å². The Hall–Kier alpha value is -0.830. The lowest BCUT2D eigenvalue weighted by Gasteiger charge is -2.10. The van der Waals surface area contributed by atoms with Crippen molar-refractivity contribution in [1.82, 2.24) is 10.2 Å². The summed E-state index contributed by atoms with van der Waals surface area (Å²) in [6.45, 7) is 7.58. The fourth-order valence-electron chi connectivity index (χ4n) is 1.24. The van der Waals surface area contributed by atoms with Crippen molar-refractivity contribution < 1.29 is 4.74 Å². The average molecular weight is 168 g/mol. The second-order valence-corrected chi connectivity index (χ2v) is 2.58. The Labute approximate surface area is 73.1 Å². The molecule has 0 fully saturated rings. The van der Waals surface area contributed by atoms with Crippen molar-refractivity contribution >= 4 is 0 Å². The molecule has 1 aliphatic heterocycles. The molecule has 2 heterocycles. The van der Waals surface area contributed by atoms with Gasteiger partial charge in [-0.05, 0) is 6.92 Å². The normalized spacial score (nSPS) is 14.6. The molecule has 1 aromatic heterocycles. The van der Waals surface area contributed by atoms with Gasteiger partial charge in [-0.1, -0.05) is 13.8 Å². The fourth-order valence-corrected chi connectivity index (χ4v) is 1.24. The minimum atomic E-state index is 0.734. The summed E-state index contributed by atoms with van der Waals surface area (Å²) in [7, 11) is 0. The molecule has 0 atom stereocenters. The molecule has 1 aromatic rings. The third-order valence-corrected chi connectivity index (χ3v) is 1.89. The molecular formula is C9H16N2O. The smallest absolute Gasteiger partial charge is 0.0753 e. The van der Waals surface area contributed by atoms with Crippen LogP contribution in [0.4, 0.5) is 0 Å². The lowest BCUT2D eigenvalue weighted by atomic mass is 10.1. The maximum atomic E-state index is 5.28. The van der Waals surface area contributed by atoms with Crippen LogP contribution in [0.5, 0.6) is 0 Å². The van der Waals surface area contributed by atoms with Gasteiger partial charge >= 0.3 is 0 Å². The summed E-state index contributed by atoms with van der Waals surface area (Å²) in [5.74, 6) is 0. The van der Waals surface area contributed by atoms with E-state index in [1.807, 2.05) is 20.8 Å². The summed E-state index contributed by atoms with van der Waals surface area (Å²) in [6.07, 6.45) is 0.958. The summed E-state index contributed by atoms with van der Waals surface area (Å²) in [5, 5.41) is 7.10. The average Bonchev–Trinajstić information content (AvgIpc) is 2.53. The van der Waals surface area contributed by atoms with Gasteiger partial charge in [0.1, 0.15) is 0 Å². The Morgan fingerprint density at radius 3 is 2.83 bits per heavy atom. The molecule has 0 aliphatic carbocycles. The summed E-state index contributed by atoms with van der Waals surface area (Å²) in [5.41, 5.74) is 3.59. The maximum absolute atomic E-state index is 5.28. The first-order valence-corrected chi connectivity index (χ1v) is 4.48. The van der Waals surface area contributed by atoms with Gasteiger partial charge in [-0.3, -0.25) is 5.10 Å². The van der Waals surface area contributed by atoms with E-state index in [1.54, 1.807) is 0 Å². The summed E-state index contributed by atoms with van der Waals surface area (Å²) >= 11 is 0. The Morgan fingerprint density at radius 2 is 2.17 bits per heavy atom. The second-order valence-electron chi connectivity index (χ2n) is 2.58. The van der Waals surface area contributed by atoms with Crippen LogP contribution in [0.3, 0.4) is 0 Å². The highest BCUT2D eigenvalue weighted by Gasteiger charge is 2.13. The molecule has 2 rings (SSSR count). The van der Waals surface area contributed by atoms with Crippen LogP contribution in [0.15, 0.2) is 0 Å². The molecule has 1 aliphatic rings. The van der Waals surface area contributed by atoms with E-state index in [4.69, 9.17) is 4.74 Å². The van der Waals surface area contributed by atoms with Crippen molar-refractivity contribution in [2.45, 2.75) is 33.8 Å². The van der Waals surface area contributed by atoms with Crippen molar-refractivity contribution in [1.29, 1.82) is 0 Å². The first kappa shape index (κ1) is 9.26. The van der Waals surface area contributed by atoms with Gasteiger partial charge in [-0.25, -0.2) is 0 Å². The minimum Gasteiger partial charge on any atom is -0.376 e. The molecular weight excluding hydrogens is 152 g/mol. The molecule has 0 bridgehead atoms. The van der Waals surface area contributed by atoms with Crippen molar-refractivity contribution in [3.05, 3.63) is 17.0 Å². The van der Waals surface area contributed by atoms with E-state index in [1.165, 1.54) is 11.3 Å². The molecule has 0 radical (unpaired) electrons. The molecule has 0 unspecified atom stereocenters. The SMILES string of the molecule is CC.Cc1[nH]nc2c1COCC2. The zero-order valence-corrected chi connectivity index (χ0v) is 7.98. The first-order chi connectivity index (χ1) is 5.88. The monoisotopic (exact) mass is 168 g/mol. The highest BCUT2D eigenvalue weighted by Crippen LogP contribution is 2.16. The Morgan fingerprint density at radius 1 is 1.42 bits per heavy atom. The predicted molar refractivity (Wildman–Crippen MR) is 48.0 cm³/mol. The van der Waals surface area contributed by atoms with E-state index in [0.29, 0.717) is 0 Å². The number of fused-ring (bicyclic) bond motifs is 1. The quantitative estimate of drug-likeness (QED) is 0.641. The highest BCUT2D eigenvalue weighted by molar-refractivity contribution is 5.24.